The van der Waals surface area contributed by atoms with Gasteiger partial charge in [-0.05, 0) is 86.9 Å². The van der Waals surface area contributed by atoms with Crippen molar-refractivity contribution >= 4 is 16.9 Å². The average Bonchev–Trinajstić information content (AvgIpc) is 3.39. The lowest BCUT2D eigenvalue weighted by Crippen LogP contribution is -2.41. The number of methoxy groups -OCH3 is 1. The number of alkyl halides is 1. The summed E-state index contributed by atoms with van der Waals surface area (Å²) in [5, 5.41) is 10.0. The number of aryl methyl sites for hydroxylation is 1. The Labute approximate surface area is 205 Å². The summed E-state index contributed by atoms with van der Waals surface area (Å²) >= 11 is 0. The van der Waals surface area contributed by atoms with Crippen molar-refractivity contribution in [2.24, 2.45) is 11.8 Å². The van der Waals surface area contributed by atoms with Crippen LogP contribution in [0.25, 0.3) is 10.9 Å². The summed E-state index contributed by atoms with van der Waals surface area (Å²) in [5.41, 5.74) is 1.39. The van der Waals surface area contributed by atoms with Crippen molar-refractivity contribution < 1.29 is 23.4 Å². The van der Waals surface area contributed by atoms with Gasteiger partial charge in [0.15, 0.2) is 5.89 Å². The molecule has 3 atom stereocenters. The standard InChI is InChI=1S/C27H34FN3O4/c1-34-21-6-8-25-23(17-21)22(10-12-29-25)24(28)7-4-19-11-15-31(18-20(19)5-9-27(32)33)14-2-3-26-30-13-16-35-26/h6,8,10,12-13,16-17,19-20,24H,2-5,7,9,11,14-15,18H2,1H3,(H,32,33)/t19-,20+,24?/m1/s1. The molecule has 0 radical (unpaired) electrons. The number of piperidine rings is 1. The third-order valence-electron chi connectivity index (χ3n) is 7.16. The number of nitrogens with zero attached hydrogens (tertiary/aromatic N) is 3. The fourth-order valence-electron chi connectivity index (χ4n) is 5.27. The Balaban J connectivity index is 1.36. The summed E-state index contributed by atoms with van der Waals surface area (Å²) in [5.74, 6) is 1.23. The van der Waals surface area contributed by atoms with Crippen LogP contribution in [0.5, 0.6) is 5.75 Å². The van der Waals surface area contributed by atoms with E-state index in [1.54, 1.807) is 31.8 Å². The maximum Gasteiger partial charge on any atom is 0.303 e. The van der Waals surface area contributed by atoms with Gasteiger partial charge in [-0.3, -0.25) is 9.78 Å². The topological polar surface area (TPSA) is 88.7 Å². The first-order valence-corrected chi connectivity index (χ1v) is 12.4. The molecule has 1 N–H and O–H groups in total. The molecule has 1 saturated heterocycles. The summed E-state index contributed by atoms with van der Waals surface area (Å²) in [7, 11) is 1.60. The number of fused-ring (bicyclic) bond motifs is 1. The minimum absolute atomic E-state index is 0.152. The zero-order chi connectivity index (χ0) is 24.6. The summed E-state index contributed by atoms with van der Waals surface area (Å²) in [4.78, 5) is 22.2. The number of aromatic nitrogens is 2. The first-order chi connectivity index (χ1) is 17.0. The van der Waals surface area contributed by atoms with Crippen molar-refractivity contribution in [2.45, 2.75) is 51.1 Å². The van der Waals surface area contributed by atoms with Crippen molar-refractivity contribution in [3.05, 3.63) is 54.4 Å². The van der Waals surface area contributed by atoms with Crippen LogP contribution in [0.4, 0.5) is 4.39 Å². The van der Waals surface area contributed by atoms with E-state index in [-0.39, 0.29) is 12.3 Å². The molecule has 4 rings (SSSR count). The van der Waals surface area contributed by atoms with Crippen molar-refractivity contribution in [1.29, 1.82) is 0 Å². The number of hydrogen-bond acceptors (Lipinski definition) is 6. The Bertz CT molecular complexity index is 1090. The molecule has 0 bridgehead atoms. The Morgan fingerprint density at radius 3 is 2.91 bits per heavy atom. The number of aliphatic carboxylic acids is 1. The van der Waals surface area contributed by atoms with E-state index in [0.717, 1.165) is 62.1 Å². The van der Waals surface area contributed by atoms with E-state index in [1.807, 2.05) is 18.2 Å². The van der Waals surface area contributed by atoms with E-state index in [4.69, 9.17) is 9.15 Å². The van der Waals surface area contributed by atoms with Gasteiger partial charge in [0.1, 0.15) is 18.2 Å². The maximum absolute atomic E-state index is 15.5. The molecule has 1 unspecified atom stereocenters. The van der Waals surface area contributed by atoms with Crippen LogP contribution in [0.2, 0.25) is 0 Å². The predicted octanol–water partition coefficient (Wildman–Crippen LogP) is 5.46. The maximum atomic E-state index is 15.5. The minimum Gasteiger partial charge on any atom is -0.497 e. The average molecular weight is 484 g/mol. The number of pyridine rings is 1. The smallest absolute Gasteiger partial charge is 0.303 e. The lowest BCUT2D eigenvalue weighted by Gasteiger charge is -2.39. The van der Waals surface area contributed by atoms with Crippen LogP contribution in [0, 0.1) is 11.8 Å². The van der Waals surface area contributed by atoms with Crippen LogP contribution >= 0.6 is 0 Å². The van der Waals surface area contributed by atoms with E-state index < -0.39 is 12.1 Å². The van der Waals surface area contributed by atoms with E-state index in [1.165, 1.54) is 0 Å². The highest BCUT2D eigenvalue weighted by Crippen LogP contribution is 2.36. The van der Waals surface area contributed by atoms with Crippen LogP contribution in [0.3, 0.4) is 0 Å². The van der Waals surface area contributed by atoms with Crippen LogP contribution in [0.15, 0.2) is 47.3 Å². The van der Waals surface area contributed by atoms with Crippen molar-refractivity contribution in [2.75, 3.05) is 26.7 Å². The van der Waals surface area contributed by atoms with Gasteiger partial charge in [0.05, 0.1) is 18.8 Å². The van der Waals surface area contributed by atoms with E-state index in [0.29, 0.717) is 30.1 Å². The summed E-state index contributed by atoms with van der Waals surface area (Å²) in [6.45, 7) is 2.73. The Morgan fingerprint density at radius 2 is 2.14 bits per heavy atom. The molecule has 7 nitrogen and oxygen atoms in total. The molecule has 8 heteroatoms. The number of oxazole rings is 1. The molecule has 188 valence electrons. The number of carbonyl (C=O) groups is 1. The van der Waals surface area contributed by atoms with Gasteiger partial charge in [-0.2, -0.15) is 0 Å². The lowest BCUT2D eigenvalue weighted by molar-refractivity contribution is -0.137. The molecule has 35 heavy (non-hydrogen) atoms. The minimum atomic E-state index is -1.11. The highest BCUT2D eigenvalue weighted by atomic mass is 19.1. The molecule has 0 spiro atoms. The summed E-state index contributed by atoms with van der Waals surface area (Å²) in [6, 6.07) is 7.28. The molecule has 1 aliphatic heterocycles. The van der Waals surface area contributed by atoms with Crippen LogP contribution in [0.1, 0.15) is 56.2 Å². The largest absolute Gasteiger partial charge is 0.497 e. The second-order valence-corrected chi connectivity index (χ2v) is 9.40. The third-order valence-corrected chi connectivity index (χ3v) is 7.16. The number of carboxylic acids is 1. The highest BCUT2D eigenvalue weighted by molar-refractivity contribution is 5.83. The molecule has 1 aromatic carbocycles. The lowest BCUT2D eigenvalue weighted by atomic mass is 9.79. The normalized spacial score (nSPS) is 19.6. The van der Waals surface area contributed by atoms with Crippen molar-refractivity contribution in [3.8, 4) is 5.75 Å². The van der Waals surface area contributed by atoms with Gasteiger partial charge in [-0.25, -0.2) is 9.37 Å². The third kappa shape index (κ3) is 6.78. The number of rotatable bonds is 12. The number of likely N-dealkylation sites (tertiary alicyclic amines) is 1. The van der Waals surface area contributed by atoms with E-state index in [9.17, 15) is 9.90 Å². The van der Waals surface area contributed by atoms with Gasteiger partial charge in [0.25, 0.3) is 0 Å². The predicted molar refractivity (Wildman–Crippen MR) is 131 cm³/mol. The quantitative estimate of drug-likeness (QED) is 0.366. The van der Waals surface area contributed by atoms with Gasteiger partial charge in [0.2, 0.25) is 0 Å². The number of carboxylic acid groups (broad SMARTS) is 1. The SMILES string of the molecule is COc1ccc2nccc(C(F)CC[C@@H]3CCN(CCCc4ncco4)C[C@@H]3CCC(=O)O)c2c1. The second kappa shape index (κ2) is 12.1. The first kappa shape index (κ1) is 25.1. The van der Waals surface area contributed by atoms with Gasteiger partial charge in [-0.1, -0.05) is 0 Å². The monoisotopic (exact) mass is 483 g/mol. The van der Waals surface area contributed by atoms with Crippen molar-refractivity contribution in [1.82, 2.24) is 14.9 Å². The molecule has 3 aromatic rings. The van der Waals surface area contributed by atoms with E-state index >= 15 is 4.39 Å². The van der Waals surface area contributed by atoms with E-state index in [2.05, 4.69) is 14.9 Å². The van der Waals surface area contributed by atoms with Crippen LogP contribution in [-0.4, -0.2) is 52.7 Å². The number of benzene rings is 1. The zero-order valence-corrected chi connectivity index (χ0v) is 20.2. The molecule has 1 fully saturated rings. The fraction of sp³-hybridized carbons (Fsp3) is 0.519. The van der Waals surface area contributed by atoms with Gasteiger partial charge in [-0.15, -0.1) is 0 Å². The molecule has 0 saturated carbocycles. The molecule has 2 aromatic heterocycles. The molecule has 0 aliphatic carbocycles. The molecule has 0 amide bonds. The number of ether oxygens (including phenoxy) is 1. The van der Waals surface area contributed by atoms with Crippen molar-refractivity contribution in [3.63, 3.8) is 0 Å². The van der Waals surface area contributed by atoms with Gasteiger partial charge in [0, 0.05) is 31.0 Å². The summed E-state index contributed by atoms with van der Waals surface area (Å²) in [6.07, 6.45) is 8.43. The Hall–Kier alpha value is -3.00. The van der Waals surface area contributed by atoms with Gasteiger partial charge >= 0.3 is 5.97 Å². The molecular weight excluding hydrogens is 449 g/mol. The number of halogens is 1. The first-order valence-electron chi connectivity index (χ1n) is 12.4. The zero-order valence-electron chi connectivity index (χ0n) is 20.2. The molecule has 1 aliphatic rings. The second-order valence-electron chi connectivity index (χ2n) is 9.40. The Kier molecular flexibility index (Phi) is 8.69. The fourth-order valence-corrected chi connectivity index (χ4v) is 5.27. The highest BCUT2D eigenvalue weighted by Gasteiger charge is 2.30. The number of hydrogen-bond donors (Lipinski definition) is 1. The van der Waals surface area contributed by atoms with Crippen LogP contribution < -0.4 is 4.74 Å². The molecular formula is C27H34FN3O4. The molecule has 3 heterocycles. The van der Waals surface area contributed by atoms with Crippen LogP contribution in [-0.2, 0) is 11.2 Å². The Morgan fingerprint density at radius 1 is 1.26 bits per heavy atom. The van der Waals surface area contributed by atoms with Gasteiger partial charge < -0.3 is 19.2 Å². The summed E-state index contributed by atoms with van der Waals surface area (Å²) < 4.78 is 26.1.